The third kappa shape index (κ3) is 4.08. The van der Waals surface area contributed by atoms with Crippen LogP contribution in [0.25, 0.3) is 10.9 Å². The fourth-order valence-corrected chi connectivity index (χ4v) is 5.26. The van der Waals surface area contributed by atoms with E-state index < -0.39 is 5.79 Å². The lowest BCUT2D eigenvalue weighted by molar-refractivity contribution is -0.184. The summed E-state index contributed by atoms with van der Waals surface area (Å²) in [5, 5.41) is 3.71. The Balaban J connectivity index is 1.71. The van der Waals surface area contributed by atoms with Crippen LogP contribution in [0.2, 0.25) is 0 Å². The molecule has 1 aliphatic carbocycles. The predicted molar refractivity (Wildman–Crippen MR) is 118 cm³/mol. The molecule has 168 valence electrons. The molecule has 2 fully saturated rings. The number of hydrogen-bond acceptors (Lipinski definition) is 5. The molecular formula is C24H32N2O5. The van der Waals surface area contributed by atoms with E-state index in [0.29, 0.717) is 31.3 Å². The lowest BCUT2D eigenvalue weighted by Crippen LogP contribution is -2.37. The third-order valence-corrected chi connectivity index (χ3v) is 6.74. The molecule has 7 heteroatoms. The van der Waals surface area contributed by atoms with Gasteiger partial charge < -0.3 is 24.1 Å². The van der Waals surface area contributed by atoms with Crippen molar-refractivity contribution in [2.75, 3.05) is 25.1 Å². The molecule has 0 radical (unpaired) electrons. The van der Waals surface area contributed by atoms with E-state index in [1.54, 1.807) is 0 Å². The normalized spacial score (nSPS) is 19.6. The van der Waals surface area contributed by atoms with Crippen LogP contribution in [-0.2, 0) is 19.0 Å². The molecule has 2 heterocycles. The van der Waals surface area contributed by atoms with Crippen molar-refractivity contribution in [3.05, 3.63) is 29.5 Å². The summed E-state index contributed by atoms with van der Waals surface area (Å²) in [4.78, 5) is 24.4. The largest absolute Gasteiger partial charge is 0.462 e. The summed E-state index contributed by atoms with van der Waals surface area (Å²) in [6.07, 6.45) is 3.78. The SMILES string of the molecule is CCOC(=O)c1c(C)n(C(C)C2CCC3(CC2)OCCO3)c2cc(NC(C)=O)ccc12. The second-order valence-corrected chi connectivity index (χ2v) is 8.65. The first-order chi connectivity index (χ1) is 14.8. The minimum atomic E-state index is -0.390. The predicted octanol–water partition coefficient (Wildman–Crippen LogP) is 4.58. The Hall–Kier alpha value is -2.38. The fraction of sp³-hybridized carbons (Fsp3) is 0.583. The van der Waals surface area contributed by atoms with E-state index in [1.165, 1.54) is 6.92 Å². The van der Waals surface area contributed by atoms with Gasteiger partial charge in [0.1, 0.15) is 0 Å². The molecular weight excluding hydrogens is 396 g/mol. The van der Waals surface area contributed by atoms with Crippen molar-refractivity contribution in [1.29, 1.82) is 0 Å². The minimum Gasteiger partial charge on any atom is -0.462 e. The van der Waals surface area contributed by atoms with Gasteiger partial charge >= 0.3 is 5.97 Å². The second kappa shape index (κ2) is 8.63. The van der Waals surface area contributed by atoms with Gasteiger partial charge in [-0.15, -0.1) is 0 Å². The first-order valence-corrected chi connectivity index (χ1v) is 11.2. The van der Waals surface area contributed by atoms with Gasteiger partial charge in [-0.3, -0.25) is 4.79 Å². The molecule has 1 aromatic heterocycles. The van der Waals surface area contributed by atoms with E-state index >= 15 is 0 Å². The Labute approximate surface area is 183 Å². The number of benzene rings is 1. The monoisotopic (exact) mass is 428 g/mol. The lowest BCUT2D eigenvalue weighted by Gasteiger charge is -2.38. The summed E-state index contributed by atoms with van der Waals surface area (Å²) in [6, 6.07) is 5.87. The van der Waals surface area contributed by atoms with Gasteiger partial charge in [0.15, 0.2) is 5.79 Å². The zero-order valence-electron chi connectivity index (χ0n) is 18.8. The molecule has 7 nitrogen and oxygen atoms in total. The van der Waals surface area contributed by atoms with Crippen LogP contribution < -0.4 is 5.32 Å². The summed E-state index contributed by atoms with van der Waals surface area (Å²) in [6.45, 7) is 9.18. The molecule has 1 saturated carbocycles. The number of esters is 1. The number of fused-ring (bicyclic) bond motifs is 1. The molecule has 2 aliphatic rings. The molecule has 1 unspecified atom stereocenters. The van der Waals surface area contributed by atoms with E-state index in [9.17, 15) is 9.59 Å². The smallest absolute Gasteiger partial charge is 0.340 e. The van der Waals surface area contributed by atoms with Gasteiger partial charge in [-0.05, 0) is 57.7 Å². The number of nitrogens with one attached hydrogen (secondary N) is 1. The van der Waals surface area contributed by atoms with Gasteiger partial charge in [-0.2, -0.15) is 0 Å². The van der Waals surface area contributed by atoms with Gasteiger partial charge in [-0.1, -0.05) is 0 Å². The molecule has 1 saturated heterocycles. The number of ether oxygens (including phenoxy) is 3. The lowest BCUT2D eigenvalue weighted by atomic mass is 9.81. The number of hydrogen-bond donors (Lipinski definition) is 1. The van der Waals surface area contributed by atoms with Crippen LogP contribution in [0.3, 0.4) is 0 Å². The molecule has 31 heavy (non-hydrogen) atoms. The average molecular weight is 429 g/mol. The van der Waals surface area contributed by atoms with Crippen LogP contribution in [0.4, 0.5) is 5.69 Å². The van der Waals surface area contributed by atoms with Crippen LogP contribution in [0.5, 0.6) is 0 Å². The van der Waals surface area contributed by atoms with Crippen molar-refractivity contribution >= 4 is 28.5 Å². The average Bonchev–Trinajstić information content (AvgIpc) is 3.29. The van der Waals surface area contributed by atoms with Crippen LogP contribution in [0.15, 0.2) is 18.2 Å². The third-order valence-electron chi connectivity index (χ3n) is 6.74. The second-order valence-electron chi connectivity index (χ2n) is 8.65. The fourth-order valence-electron chi connectivity index (χ4n) is 5.26. The number of rotatable bonds is 5. The topological polar surface area (TPSA) is 78.8 Å². The van der Waals surface area contributed by atoms with Crippen molar-refractivity contribution in [1.82, 2.24) is 4.57 Å². The Morgan fingerprint density at radius 3 is 2.55 bits per heavy atom. The van der Waals surface area contributed by atoms with Crippen LogP contribution in [0, 0.1) is 12.8 Å². The Morgan fingerprint density at radius 1 is 1.26 bits per heavy atom. The Kier molecular flexibility index (Phi) is 6.08. The summed E-state index contributed by atoms with van der Waals surface area (Å²) in [7, 11) is 0. The van der Waals surface area contributed by atoms with Crippen molar-refractivity contribution in [2.24, 2.45) is 5.92 Å². The van der Waals surface area contributed by atoms with Gasteiger partial charge in [0.05, 0.1) is 30.9 Å². The van der Waals surface area contributed by atoms with E-state index in [1.807, 2.05) is 32.0 Å². The number of carbonyl (C=O) groups excluding carboxylic acids is 2. The highest BCUT2D eigenvalue weighted by Crippen LogP contribution is 2.44. The molecule has 2 aromatic rings. The number of aromatic nitrogens is 1. The summed E-state index contributed by atoms with van der Waals surface area (Å²) in [5.41, 5.74) is 3.16. The van der Waals surface area contributed by atoms with Gasteiger partial charge in [0.25, 0.3) is 0 Å². The maximum Gasteiger partial charge on any atom is 0.340 e. The molecule has 1 spiro atoms. The Morgan fingerprint density at radius 2 is 1.94 bits per heavy atom. The number of nitrogens with zero attached hydrogens (tertiary/aromatic N) is 1. The zero-order valence-corrected chi connectivity index (χ0v) is 18.8. The van der Waals surface area contributed by atoms with Gasteiger partial charge in [0, 0.05) is 42.6 Å². The maximum absolute atomic E-state index is 12.8. The summed E-state index contributed by atoms with van der Waals surface area (Å²) in [5.74, 6) is -0.383. The number of carbonyl (C=O) groups is 2. The highest BCUT2D eigenvalue weighted by atomic mass is 16.7. The van der Waals surface area contributed by atoms with Crippen molar-refractivity contribution in [2.45, 2.75) is 65.2 Å². The summed E-state index contributed by atoms with van der Waals surface area (Å²) < 4.78 is 19.4. The standard InChI is InChI=1S/C24H32N2O5/c1-5-29-23(28)22-16(3)26(21-14-19(25-17(4)27)6-7-20(21)22)15(2)18-8-10-24(11-9-18)30-12-13-31-24/h6-7,14-15,18H,5,8-13H2,1-4H3,(H,25,27). The Bertz CT molecular complexity index is 980. The van der Waals surface area contributed by atoms with E-state index in [4.69, 9.17) is 14.2 Å². The minimum absolute atomic E-state index is 0.123. The number of amides is 1. The van der Waals surface area contributed by atoms with E-state index in [-0.39, 0.29) is 17.9 Å². The van der Waals surface area contributed by atoms with Crippen LogP contribution in [0.1, 0.15) is 68.5 Å². The molecule has 0 bridgehead atoms. The van der Waals surface area contributed by atoms with Crippen LogP contribution in [-0.4, -0.2) is 42.1 Å². The molecule has 1 amide bonds. The summed E-state index contributed by atoms with van der Waals surface area (Å²) >= 11 is 0. The highest BCUT2D eigenvalue weighted by Gasteiger charge is 2.42. The van der Waals surface area contributed by atoms with Gasteiger partial charge in [-0.25, -0.2) is 4.79 Å². The van der Waals surface area contributed by atoms with Crippen molar-refractivity contribution in [3.8, 4) is 0 Å². The van der Waals surface area contributed by atoms with Crippen molar-refractivity contribution < 1.29 is 23.8 Å². The van der Waals surface area contributed by atoms with Crippen LogP contribution >= 0.6 is 0 Å². The molecule has 4 rings (SSSR count). The maximum atomic E-state index is 12.8. The molecule has 1 N–H and O–H groups in total. The molecule has 1 aromatic carbocycles. The molecule has 1 atom stereocenters. The van der Waals surface area contributed by atoms with E-state index in [2.05, 4.69) is 16.8 Å². The van der Waals surface area contributed by atoms with E-state index in [0.717, 1.165) is 48.0 Å². The number of anilines is 1. The molecule has 1 aliphatic heterocycles. The van der Waals surface area contributed by atoms with Gasteiger partial charge in [0.2, 0.25) is 5.91 Å². The first-order valence-electron chi connectivity index (χ1n) is 11.2. The first kappa shape index (κ1) is 21.8. The quantitative estimate of drug-likeness (QED) is 0.706. The highest BCUT2D eigenvalue weighted by molar-refractivity contribution is 6.07. The zero-order chi connectivity index (χ0) is 22.2. The van der Waals surface area contributed by atoms with Crippen molar-refractivity contribution in [3.63, 3.8) is 0 Å².